The molecule has 0 radical (unpaired) electrons. The monoisotopic (exact) mass is 378 g/mol. The van der Waals surface area contributed by atoms with E-state index < -0.39 is 0 Å². The van der Waals surface area contributed by atoms with Crippen molar-refractivity contribution in [3.63, 3.8) is 0 Å². The van der Waals surface area contributed by atoms with Crippen molar-refractivity contribution in [2.45, 2.75) is 65.2 Å². The van der Waals surface area contributed by atoms with Crippen LogP contribution in [0.5, 0.6) is 0 Å². The molecule has 0 amide bonds. The number of pyridine rings is 1. The van der Waals surface area contributed by atoms with Gasteiger partial charge in [-0.2, -0.15) is 0 Å². The number of nitrogens with zero attached hydrogens (tertiary/aromatic N) is 4. The third kappa shape index (κ3) is 3.94. The molecule has 0 aromatic carbocycles. The van der Waals surface area contributed by atoms with Crippen molar-refractivity contribution in [1.82, 2.24) is 15.0 Å². The van der Waals surface area contributed by atoms with Crippen LogP contribution in [0.25, 0.3) is 11.5 Å². The van der Waals surface area contributed by atoms with Crippen molar-refractivity contribution < 1.29 is 4.79 Å². The van der Waals surface area contributed by atoms with Crippen molar-refractivity contribution in [2.24, 2.45) is 5.41 Å². The smallest absolute Gasteiger partial charge is 0.180 e. The van der Waals surface area contributed by atoms with Crippen molar-refractivity contribution >= 4 is 11.6 Å². The summed E-state index contributed by atoms with van der Waals surface area (Å²) in [5.41, 5.74) is 4.46. The highest BCUT2D eigenvalue weighted by molar-refractivity contribution is 5.84. The molecule has 4 rings (SSSR count). The SMILES string of the molecule is Cc1ccnc(-c2nc3c(c(N(C)CC(=O)CC4(C)CCCC4)n2)CCC3)c1. The van der Waals surface area contributed by atoms with Crippen LogP contribution in [0.2, 0.25) is 0 Å². The minimum atomic E-state index is 0.197. The van der Waals surface area contributed by atoms with Gasteiger partial charge >= 0.3 is 0 Å². The Bertz CT molecular complexity index is 886. The van der Waals surface area contributed by atoms with Crippen molar-refractivity contribution in [2.75, 3.05) is 18.5 Å². The molecule has 2 aromatic heterocycles. The molecule has 0 saturated heterocycles. The van der Waals surface area contributed by atoms with E-state index in [-0.39, 0.29) is 5.41 Å². The van der Waals surface area contributed by atoms with Crippen LogP contribution >= 0.6 is 0 Å². The number of ketones is 1. The first-order valence-electron chi connectivity index (χ1n) is 10.5. The van der Waals surface area contributed by atoms with E-state index in [0.29, 0.717) is 24.6 Å². The van der Waals surface area contributed by atoms with Gasteiger partial charge in [0.2, 0.25) is 0 Å². The molecular weight excluding hydrogens is 348 g/mol. The molecule has 2 heterocycles. The number of rotatable bonds is 6. The van der Waals surface area contributed by atoms with Gasteiger partial charge in [-0.3, -0.25) is 9.78 Å². The van der Waals surface area contributed by atoms with Crippen LogP contribution in [0.4, 0.5) is 5.82 Å². The normalized spacial score (nSPS) is 17.5. The zero-order valence-electron chi connectivity index (χ0n) is 17.3. The van der Waals surface area contributed by atoms with E-state index in [1.54, 1.807) is 6.20 Å². The lowest BCUT2D eigenvalue weighted by atomic mass is 9.83. The topological polar surface area (TPSA) is 59.0 Å². The van der Waals surface area contributed by atoms with E-state index in [1.165, 1.54) is 31.2 Å². The second-order valence-corrected chi connectivity index (χ2v) is 8.96. The second kappa shape index (κ2) is 7.61. The average Bonchev–Trinajstić information content (AvgIpc) is 3.29. The molecule has 0 bridgehead atoms. The van der Waals surface area contributed by atoms with Gasteiger partial charge in [-0.05, 0) is 62.1 Å². The van der Waals surface area contributed by atoms with Gasteiger partial charge < -0.3 is 4.90 Å². The number of aromatic nitrogens is 3. The number of hydrogen-bond donors (Lipinski definition) is 0. The lowest BCUT2D eigenvalue weighted by Crippen LogP contribution is -2.30. The molecule has 0 N–H and O–H groups in total. The van der Waals surface area contributed by atoms with Gasteiger partial charge in [-0.15, -0.1) is 0 Å². The van der Waals surface area contributed by atoms with Gasteiger partial charge in [-0.25, -0.2) is 9.97 Å². The van der Waals surface area contributed by atoms with Crippen molar-refractivity contribution in [3.8, 4) is 11.5 Å². The molecule has 5 nitrogen and oxygen atoms in total. The summed E-state index contributed by atoms with van der Waals surface area (Å²) >= 11 is 0. The Morgan fingerprint density at radius 3 is 2.71 bits per heavy atom. The summed E-state index contributed by atoms with van der Waals surface area (Å²) in [6.45, 7) is 4.73. The number of fused-ring (bicyclic) bond motifs is 1. The van der Waals surface area contributed by atoms with Gasteiger partial charge in [0.15, 0.2) is 11.6 Å². The fraction of sp³-hybridized carbons (Fsp3) is 0.565. The molecule has 148 valence electrons. The third-order valence-electron chi connectivity index (χ3n) is 6.27. The number of hydrogen-bond acceptors (Lipinski definition) is 5. The van der Waals surface area contributed by atoms with Crippen LogP contribution in [0.3, 0.4) is 0 Å². The molecule has 0 spiro atoms. The van der Waals surface area contributed by atoms with Gasteiger partial charge in [-0.1, -0.05) is 19.8 Å². The van der Waals surface area contributed by atoms with E-state index in [0.717, 1.165) is 42.0 Å². The summed E-state index contributed by atoms with van der Waals surface area (Å²) in [5.74, 6) is 1.89. The first kappa shape index (κ1) is 19.0. The number of likely N-dealkylation sites (N-methyl/N-ethyl adjacent to an activating group) is 1. The fourth-order valence-electron chi connectivity index (χ4n) is 4.78. The quantitative estimate of drug-likeness (QED) is 0.749. The minimum Gasteiger partial charge on any atom is -0.352 e. The number of carbonyl (C=O) groups is 1. The van der Waals surface area contributed by atoms with Crippen LogP contribution < -0.4 is 4.90 Å². The zero-order chi connectivity index (χ0) is 19.7. The Hall–Kier alpha value is -2.30. The Kier molecular flexibility index (Phi) is 5.17. The van der Waals surface area contributed by atoms with E-state index >= 15 is 0 Å². The first-order valence-corrected chi connectivity index (χ1v) is 10.5. The minimum absolute atomic E-state index is 0.197. The van der Waals surface area contributed by atoms with Gasteiger partial charge in [0.1, 0.15) is 11.5 Å². The van der Waals surface area contributed by atoms with Gasteiger partial charge in [0, 0.05) is 30.9 Å². The maximum absolute atomic E-state index is 12.8. The summed E-state index contributed by atoms with van der Waals surface area (Å²) < 4.78 is 0. The molecule has 2 aliphatic carbocycles. The lowest BCUT2D eigenvalue weighted by molar-refractivity contribution is -0.119. The summed E-state index contributed by atoms with van der Waals surface area (Å²) in [4.78, 5) is 28.9. The van der Waals surface area contributed by atoms with Crippen molar-refractivity contribution in [3.05, 3.63) is 35.2 Å². The fourth-order valence-corrected chi connectivity index (χ4v) is 4.78. The van der Waals surface area contributed by atoms with Crippen LogP contribution in [-0.4, -0.2) is 34.3 Å². The Morgan fingerprint density at radius 1 is 1.18 bits per heavy atom. The second-order valence-electron chi connectivity index (χ2n) is 8.96. The van der Waals surface area contributed by atoms with E-state index in [2.05, 4.69) is 11.9 Å². The van der Waals surface area contributed by atoms with E-state index in [9.17, 15) is 4.79 Å². The van der Waals surface area contributed by atoms with Gasteiger partial charge in [0.05, 0.1) is 6.54 Å². The molecule has 2 aromatic rings. The predicted octanol–water partition coefficient (Wildman–Crippen LogP) is 4.31. The highest BCUT2D eigenvalue weighted by atomic mass is 16.1. The molecule has 1 saturated carbocycles. The number of anilines is 1. The van der Waals surface area contributed by atoms with E-state index in [1.807, 2.05) is 31.0 Å². The average molecular weight is 379 g/mol. The highest BCUT2D eigenvalue weighted by Crippen LogP contribution is 2.40. The maximum atomic E-state index is 12.8. The van der Waals surface area contributed by atoms with Gasteiger partial charge in [0.25, 0.3) is 0 Å². The van der Waals surface area contributed by atoms with Crippen LogP contribution in [-0.2, 0) is 17.6 Å². The Morgan fingerprint density at radius 2 is 1.96 bits per heavy atom. The molecule has 0 unspecified atom stereocenters. The maximum Gasteiger partial charge on any atom is 0.180 e. The first-order chi connectivity index (χ1) is 13.4. The van der Waals surface area contributed by atoms with Crippen LogP contribution in [0.15, 0.2) is 18.3 Å². The molecule has 5 heteroatoms. The Balaban J connectivity index is 1.58. The van der Waals surface area contributed by atoms with Crippen LogP contribution in [0.1, 0.15) is 62.3 Å². The summed E-state index contributed by atoms with van der Waals surface area (Å²) in [6.07, 6.45) is 10.4. The zero-order valence-corrected chi connectivity index (χ0v) is 17.3. The summed E-state index contributed by atoms with van der Waals surface area (Å²) in [6, 6.07) is 4.00. The largest absolute Gasteiger partial charge is 0.352 e. The highest BCUT2D eigenvalue weighted by Gasteiger charge is 2.31. The lowest BCUT2D eigenvalue weighted by Gasteiger charge is -2.25. The van der Waals surface area contributed by atoms with Crippen LogP contribution in [0, 0.1) is 12.3 Å². The summed E-state index contributed by atoms with van der Waals surface area (Å²) in [7, 11) is 1.99. The van der Waals surface area contributed by atoms with E-state index in [4.69, 9.17) is 9.97 Å². The predicted molar refractivity (Wildman–Crippen MR) is 111 cm³/mol. The third-order valence-corrected chi connectivity index (χ3v) is 6.27. The molecule has 2 aliphatic rings. The molecular formula is C23H30N4O. The molecule has 1 fully saturated rings. The number of aryl methyl sites for hydroxylation is 2. The molecule has 0 aliphatic heterocycles. The summed E-state index contributed by atoms with van der Waals surface area (Å²) in [5, 5.41) is 0. The molecule has 28 heavy (non-hydrogen) atoms. The Labute approximate surface area is 167 Å². The van der Waals surface area contributed by atoms with Crippen molar-refractivity contribution in [1.29, 1.82) is 0 Å². The number of carbonyl (C=O) groups excluding carboxylic acids is 1. The standard InChI is InChI=1S/C23H30N4O/c1-16-9-12-24-20(13-16)21-25-19-8-6-7-18(19)22(26-21)27(3)15-17(28)14-23(2)10-4-5-11-23/h9,12-13H,4-8,10-11,14-15H2,1-3H3. The number of Topliss-reactive ketones (excluding diaryl/α,β-unsaturated/α-hetero) is 1. The molecule has 0 atom stereocenters.